The van der Waals surface area contributed by atoms with Gasteiger partial charge in [-0.1, -0.05) is 0 Å². The molecule has 0 aromatic carbocycles. The lowest BCUT2D eigenvalue weighted by molar-refractivity contribution is -0.388. The molecule has 19 heavy (non-hydrogen) atoms. The van der Waals surface area contributed by atoms with Crippen LogP contribution in [0.5, 0.6) is 0 Å². The number of nitro groups is 1. The summed E-state index contributed by atoms with van der Waals surface area (Å²) in [5.74, 6) is 0.314. The van der Waals surface area contributed by atoms with Crippen molar-refractivity contribution in [2.75, 3.05) is 32.1 Å². The molecule has 1 aromatic heterocycles. The SMILES string of the molecule is CN(C)CC1CC(O)CN1c1c([N+](=O)[O-])ncn1C. The summed E-state index contributed by atoms with van der Waals surface area (Å²) in [6.07, 6.45) is 1.59. The Kier molecular flexibility index (Phi) is 3.72. The van der Waals surface area contributed by atoms with Crippen LogP contribution >= 0.6 is 0 Å². The minimum atomic E-state index is -0.479. The first-order valence-electron chi connectivity index (χ1n) is 6.15. The van der Waals surface area contributed by atoms with Crippen LogP contribution in [0, 0.1) is 10.1 Å². The third-order valence-corrected chi connectivity index (χ3v) is 3.30. The number of β-amino-alcohol motifs (C(OH)–C–C–N with tert-alkyl or cyclic N) is 1. The van der Waals surface area contributed by atoms with Crippen molar-refractivity contribution >= 4 is 11.6 Å². The van der Waals surface area contributed by atoms with E-state index in [4.69, 9.17) is 0 Å². The van der Waals surface area contributed by atoms with Gasteiger partial charge < -0.3 is 25.0 Å². The zero-order chi connectivity index (χ0) is 14.2. The third kappa shape index (κ3) is 2.69. The Morgan fingerprint density at radius 1 is 1.63 bits per heavy atom. The van der Waals surface area contributed by atoms with Crippen LogP contribution in [0.1, 0.15) is 6.42 Å². The van der Waals surface area contributed by atoms with E-state index in [9.17, 15) is 15.2 Å². The molecule has 2 rings (SSSR count). The van der Waals surface area contributed by atoms with Gasteiger partial charge in [0.15, 0.2) is 0 Å². The van der Waals surface area contributed by atoms with Crippen molar-refractivity contribution in [2.45, 2.75) is 18.6 Å². The molecule has 1 aliphatic rings. The maximum Gasteiger partial charge on any atom is 0.406 e. The monoisotopic (exact) mass is 269 g/mol. The lowest BCUT2D eigenvalue weighted by atomic mass is 10.2. The summed E-state index contributed by atoms with van der Waals surface area (Å²) in [4.78, 5) is 18.3. The van der Waals surface area contributed by atoms with E-state index in [0.717, 1.165) is 6.54 Å². The number of rotatable bonds is 4. The Hall–Kier alpha value is -1.67. The normalized spacial score (nSPS) is 23.3. The largest absolute Gasteiger partial charge is 0.406 e. The number of nitrogens with zero attached hydrogens (tertiary/aromatic N) is 5. The van der Waals surface area contributed by atoms with Gasteiger partial charge in [-0.2, -0.15) is 0 Å². The molecule has 0 radical (unpaired) electrons. The van der Waals surface area contributed by atoms with Crippen LogP contribution in [-0.2, 0) is 7.05 Å². The van der Waals surface area contributed by atoms with E-state index in [-0.39, 0.29) is 11.9 Å². The van der Waals surface area contributed by atoms with Crippen LogP contribution < -0.4 is 4.90 Å². The average Bonchev–Trinajstić information content (AvgIpc) is 2.81. The number of anilines is 1. The van der Waals surface area contributed by atoms with Crippen LogP contribution in [-0.4, -0.2) is 63.8 Å². The van der Waals surface area contributed by atoms with E-state index < -0.39 is 11.0 Å². The molecule has 1 aliphatic heterocycles. The third-order valence-electron chi connectivity index (χ3n) is 3.30. The molecule has 1 fully saturated rings. The smallest absolute Gasteiger partial charge is 0.391 e. The van der Waals surface area contributed by atoms with Gasteiger partial charge in [0.1, 0.15) is 0 Å². The molecule has 2 heterocycles. The van der Waals surface area contributed by atoms with Crippen molar-refractivity contribution < 1.29 is 10.0 Å². The molecule has 0 amide bonds. The highest BCUT2D eigenvalue weighted by Crippen LogP contribution is 2.32. The van der Waals surface area contributed by atoms with Gasteiger partial charge in [0, 0.05) is 26.2 Å². The van der Waals surface area contributed by atoms with E-state index in [0.29, 0.717) is 18.8 Å². The van der Waals surface area contributed by atoms with Gasteiger partial charge in [0.25, 0.3) is 0 Å². The minimum absolute atomic E-state index is 0.0547. The summed E-state index contributed by atoms with van der Waals surface area (Å²) in [5.41, 5.74) is 0. The van der Waals surface area contributed by atoms with Gasteiger partial charge in [-0.15, -0.1) is 0 Å². The number of aryl methyl sites for hydroxylation is 1. The Labute approximate surface area is 111 Å². The highest BCUT2D eigenvalue weighted by Gasteiger charge is 2.37. The maximum absolute atomic E-state index is 11.0. The quantitative estimate of drug-likeness (QED) is 0.603. The van der Waals surface area contributed by atoms with Crippen LogP contribution in [0.3, 0.4) is 0 Å². The van der Waals surface area contributed by atoms with Gasteiger partial charge in [-0.3, -0.25) is 4.57 Å². The van der Waals surface area contributed by atoms with Crippen LogP contribution in [0.4, 0.5) is 11.6 Å². The second-order valence-electron chi connectivity index (χ2n) is 5.22. The molecule has 0 aliphatic carbocycles. The first-order chi connectivity index (χ1) is 8.90. The van der Waals surface area contributed by atoms with E-state index >= 15 is 0 Å². The molecule has 0 spiro atoms. The van der Waals surface area contributed by atoms with E-state index in [2.05, 4.69) is 4.98 Å². The summed E-state index contributed by atoms with van der Waals surface area (Å²) in [6, 6.07) is 0.0547. The maximum atomic E-state index is 11.0. The van der Waals surface area contributed by atoms with Crippen molar-refractivity contribution in [1.82, 2.24) is 14.5 Å². The van der Waals surface area contributed by atoms with E-state index in [1.807, 2.05) is 23.9 Å². The first kappa shape index (κ1) is 13.8. The fourth-order valence-electron chi connectivity index (χ4n) is 2.62. The van der Waals surface area contributed by atoms with Crippen LogP contribution in [0.2, 0.25) is 0 Å². The standard InChI is InChI=1S/C11H19N5O3/c1-13(2)5-8-4-9(17)6-15(8)11-10(16(18)19)12-7-14(11)3/h7-9,17H,4-6H2,1-3H3. The minimum Gasteiger partial charge on any atom is -0.391 e. The Morgan fingerprint density at radius 3 is 2.89 bits per heavy atom. The fraction of sp³-hybridized carbons (Fsp3) is 0.727. The molecule has 2 atom stereocenters. The molecule has 0 saturated carbocycles. The van der Waals surface area contributed by atoms with Crippen molar-refractivity contribution in [3.8, 4) is 0 Å². The number of aromatic nitrogens is 2. The topological polar surface area (TPSA) is 87.7 Å². The Balaban J connectivity index is 2.33. The second-order valence-corrected chi connectivity index (χ2v) is 5.22. The summed E-state index contributed by atoms with van der Waals surface area (Å²) in [5, 5.41) is 20.9. The van der Waals surface area contributed by atoms with Gasteiger partial charge in [0.2, 0.25) is 12.1 Å². The molecule has 0 bridgehead atoms. The van der Waals surface area contributed by atoms with Gasteiger partial charge in [-0.05, 0) is 30.4 Å². The zero-order valence-corrected chi connectivity index (χ0v) is 11.4. The average molecular weight is 269 g/mol. The van der Waals surface area contributed by atoms with Crippen LogP contribution in [0.15, 0.2) is 6.33 Å². The highest BCUT2D eigenvalue weighted by atomic mass is 16.6. The summed E-state index contributed by atoms with van der Waals surface area (Å²) in [7, 11) is 5.62. The predicted octanol–water partition coefficient (Wildman–Crippen LogP) is -0.170. The summed E-state index contributed by atoms with van der Waals surface area (Å²) in [6.45, 7) is 1.14. The summed E-state index contributed by atoms with van der Waals surface area (Å²) >= 11 is 0. The second kappa shape index (κ2) is 5.14. The van der Waals surface area contributed by atoms with Crippen molar-refractivity contribution in [3.63, 3.8) is 0 Å². The van der Waals surface area contributed by atoms with Gasteiger partial charge in [0.05, 0.1) is 6.10 Å². The molecule has 8 heteroatoms. The fourth-order valence-corrected chi connectivity index (χ4v) is 2.62. The highest BCUT2D eigenvalue weighted by molar-refractivity contribution is 5.56. The zero-order valence-electron chi connectivity index (χ0n) is 11.4. The van der Waals surface area contributed by atoms with E-state index in [1.54, 1.807) is 11.6 Å². The lowest BCUT2D eigenvalue weighted by Crippen LogP contribution is -2.38. The molecule has 1 saturated heterocycles. The molecule has 106 valence electrons. The van der Waals surface area contributed by atoms with Crippen molar-refractivity contribution in [3.05, 3.63) is 16.4 Å². The first-order valence-corrected chi connectivity index (χ1v) is 6.15. The predicted molar refractivity (Wildman–Crippen MR) is 70.2 cm³/mol. The molecule has 1 aromatic rings. The van der Waals surface area contributed by atoms with E-state index in [1.165, 1.54) is 6.33 Å². The molecule has 8 nitrogen and oxygen atoms in total. The van der Waals surface area contributed by atoms with Crippen molar-refractivity contribution in [2.24, 2.45) is 7.05 Å². The number of aliphatic hydroxyl groups excluding tert-OH is 1. The molecular formula is C11H19N5O3. The number of hydrogen-bond acceptors (Lipinski definition) is 6. The summed E-state index contributed by atoms with van der Waals surface area (Å²) < 4.78 is 1.64. The van der Waals surface area contributed by atoms with Gasteiger partial charge in [-0.25, -0.2) is 0 Å². The number of hydrogen-bond donors (Lipinski definition) is 1. The Morgan fingerprint density at radius 2 is 2.32 bits per heavy atom. The van der Waals surface area contributed by atoms with Gasteiger partial charge >= 0.3 is 5.82 Å². The number of aliphatic hydroxyl groups is 1. The lowest BCUT2D eigenvalue weighted by Gasteiger charge is -2.27. The van der Waals surface area contributed by atoms with Crippen molar-refractivity contribution in [1.29, 1.82) is 0 Å². The number of imidazole rings is 1. The molecule has 2 unspecified atom stereocenters. The van der Waals surface area contributed by atoms with Crippen LogP contribution in [0.25, 0.3) is 0 Å². The molecule has 1 N–H and O–H groups in total. The number of likely N-dealkylation sites (N-methyl/N-ethyl adjacent to an activating group) is 1. The Bertz CT molecular complexity index is 473. The molecular weight excluding hydrogens is 250 g/mol.